The van der Waals surface area contributed by atoms with Gasteiger partial charge in [0.25, 0.3) is 5.91 Å². The third-order valence-electron chi connectivity index (χ3n) is 4.56. The van der Waals surface area contributed by atoms with Gasteiger partial charge in [0.2, 0.25) is 0 Å². The minimum Gasteiger partial charge on any atom is -0.308 e. The Morgan fingerprint density at radius 1 is 0.886 bits per heavy atom. The summed E-state index contributed by atoms with van der Waals surface area (Å²) >= 11 is 17.6. The van der Waals surface area contributed by atoms with Gasteiger partial charge in [0.1, 0.15) is 0 Å². The Balaban J connectivity index is 1.85. The van der Waals surface area contributed by atoms with Crippen LogP contribution in [0.1, 0.15) is 21.5 Å². The second-order valence-electron chi connectivity index (χ2n) is 7.10. The molecule has 0 aliphatic rings. The first kappa shape index (κ1) is 26.8. The van der Waals surface area contributed by atoms with Gasteiger partial charge in [-0.3, -0.25) is 10.1 Å². The Labute approximate surface area is 212 Å². The van der Waals surface area contributed by atoms with E-state index in [4.69, 9.17) is 34.8 Å². The molecule has 6 nitrogen and oxygen atoms in total. The van der Waals surface area contributed by atoms with Crippen LogP contribution >= 0.6 is 34.8 Å². The van der Waals surface area contributed by atoms with Crippen molar-refractivity contribution in [2.75, 3.05) is 5.32 Å². The van der Waals surface area contributed by atoms with Crippen LogP contribution < -0.4 is 10.6 Å². The molecule has 0 unspecified atom stereocenters. The number of alkyl halides is 3. The minimum atomic E-state index is -5.06. The van der Waals surface area contributed by atoms with Gasteiger partial charge in [0, 0.05) is 10.7 Å². The number of imide groups is 1. The second-order valence-corrected chi connectivity index (χ2v) is 10.3. The summed E-state index contributed by atoms with van der Waals surface area (Å²) in [5, 5.41) is 4.21. The minimum absolute atomic E-state index is 0.0441. The highest BCUT2D eigenvalue weighted by molar-refractivity contribution is 7.90. The molecule has 3 rings (SSSR count). The van der Waals surface area contributed by atoms with E-state index in [1.54, 1.807) is 0 Å². The van der Waals surface area contributed by atoms with Crippen LogP contribution in [0.2, 0.25) is 15.1 Å². The highest BCUT2D eigenvalue weighted by Crippen LogP contribution is 2.37. The summed E-state index contributed by atoms with van der Waals surface area (Å²) in [6.07, 6.45) is -5.06. The number of nitrogens with one attached hydrogen (secondary N) is 2. The summed E-state index contributed by atoms with van der Waals surface area (Å²) in [6, 6.07) is 10.8. The molecule has 0 heterocycles. The molecule has 13 heteroatoms. The smallest absolute Gasteiger partial charge is 0.308 e. The van der Waals surface area contributed by atoms with E-state index in [1.165, 1.54) is 42.5 Å². The summed E-state index contributed by atoms with van der Waals surface area (Å²) in [4.78, 5) is 23.5. The largest absolute Gasteiger partial charge is 0.417 e. The number of benzene rings is 3. The molecule has 3 aromatic rings. The maximum atomic E-state index is 13.7. The van der Waals surface area contributed by atoms with Crippen LogP contribution in [0.4, 0.5) is 23.7 Å². The Morgan fingerprint density at radius 2 is 1.49 bits per heavy atom. The normalized spacial score (nSPS) is 11.7. The fourth-order valence-corrected chi connectivity index (χ4v) is 5.29. The molecule has 0 aliphatic heterocycles. The molecular formula is C22H14Cl3F3N2O4S. The highest BCUT2D eigenvalue weighted by atomic mass is 35.5. The summed E-state index contributed by atoms with van der Waals surface area (Å²) in [5.74, 6) is -1.69. The fraction of sp³-hybridized carbons (Fsp3) is 0.0909. The predicted molar refractivity (Wildman–Crippen MR) is 127 cm³/mol. The lowest BCUT2D eigenvalue weighted by atomic mass is 10.2. The Bertz CT molecular complexity index is 1380. The molecule has 3 amide bonds. The van der Waals surface area contributed by atoms with Crippen molar-refractivity contribution < 1.29 is 31.2 Å². The van der Waals surface area contributed by atoms with E-state index in [2.05, 4.69) is 5.32 Å². The van der Waals surface area contributed by atoms with E-state index in [0.29, 0.717) is 11.1 Å². The number of hydrogen-bond donors (Lipinski definition) is 2. The number of sulfone groups is 1. The Kier molecular flexibility index (Phi) is 8.00. The van der Waals surface area contributed by atoms with E-state index < -0.39 is 49.9 Å². The van der Waals surface area contributed by atoms with E-state index in [0.717, 1.165) is 12.1 Å². The molecule has 0 aliphatic carbocycles. The number of rotatable bonds is 5. The first-order chi connectivity index (χ1) is 16.3. The van der Waals surface area contributed by atoms with Crippen molar-refractivity contribution in [1.29, 1.82) is 0 Å². The first-order valence-electron chi connectivity index (χ1n) is 9.53. The monoisotopic (exact) mass is 564 g/mol. The zero-order valence-electron chi connectivity index (χ0n) is 17.3. The van der Waals surface area contributed by atoms with Gasteiger partial charge in [0.05, 0.1) is 31.8 Å². The molecule has 0 saturated heterocycles. The van der Waals surface area contributed by atoms with Crippen LogP contribution in [0, 0.1) is 0 Å². The van der Waals surface area contributed by atoms with Crippen molar-refractivity contribution in [3.8, 4) is 0 Å². The molecule has 0 bridgehead atoms. The third kappa shape index (κ3) is 6.66. The van der Waals surface area contributed by atoms with Crippen LogP contribution in [0.5, 0.6) is 0 Å². The molecule has 0 fully saturated rings. The van der Waals surface area contributed by atoms with E-state index >= 15 is 0 Å². The van der Waals surface area contributed by atoms with Gasteiger partial charge in [-0.1, -0.05) is 53.0 Å². The zero-order chi connectivity index (χ0) is 26.0. The fourth-order valence-electron chi connectivity index (χ4n) is 3.02. The SMILES string of the molecule is O=C(NC(=O)c1c(Cl)cccc1Cl)Nc1ccc(S(=O)(=O)Cc2ccc(Cl)cc2)c(C(F)(F)F)c1. The third-order valence-corrected chi connectivity index (χ3v) is 7.19. The number of carbonyl (C=O) groups is 2. The van der Waals surface area contributed by atoms with Crippen molar-refractivity contribution in [2.45, 2.75) is 16.8 Å². The summed E-state index contributed by atoms with van der Waals surface area (Å²) < 4.78 is 66.6. The predicted octanol–water partition coefficient (Wildman–Crippen LogP) is 6.60. The van der Waals surface area contributed by atoms with Gasteiger partial charge in [-0.25, -0.2) is 13.2 Å². The van der Waals surface area contributed by atoms with Crippen LogP contribution in [-0.4, -0.2) is 20.4 Å². The molecule has 0 atom stereocenters. The molecule has 0 saturated carbocycles. The summed E-state index contributed by atoms with van der Waals surface area (Å²) in [5.41, 5.74) is -1.85. The van der Waals surface area contributed by atoms with Gasteiger partial charge < -0.3 is 5.32 Å². The number of halogens is 6. The topological polar surface area (TPSA) is 92.3 Å². The van der Waals surface area contributed by atoms with Crippen LogP contribution in [-0.2, 0) is 21.8 Å². The van der Waals surface area contributed by atoms with E-state index in [1.807, 2.05) is 5.32 Å². The lowest BCUT2D eigenvalue weighted by molar-refractivity contribution is -0.139. The quantitative estimate of drug-likeness (QED) is 0.365. The van der Waals surface area contributed by atoms with E-state index in [-0.39, 0.29) is 21.2 Å². The van der Waals surface area contributed by atoms with Gasteiger partial charge in [0.15, 0.2) is 9.84 Å². The number of urea groups is 1. The van der Waals surface area contributed by atoms with Crippen molar-refractivity contribution in [3.63, 3.8) is 0 Å². The number of anilines is 1. The first-order valence-corrected chi connectivity index (χ1v) is 12.3. The average Bonchev–Trinajstić information content (AvgIpc) is 2.74. The average molecular weight is 566 g/mol. The molecule has 2 N–H and O–H groups in total. The van der Waals surface area contributed by atoms with Crippen molar-refractivity contribution in [1.82, 2.24) is 5.32 Å². The molecule has 184 valence electrons. The molecule has 35 heavy (non-hydrogen) atoms. The molecule has 3 aromatic carbocycles. The standard InChI is InChI=1S/C22H14Cl3F3N2O4S/c23-13-6-4-12(5-7-13)11-35(33,34)18-9-8-14(10-15(18)22(26,27)28)29-21(32)30-20(31)19-16(24)2-1-3-17(19)25/h1-10H,11H2,(H2,29,30,31,32). The van der Waals surface area contributed by atoms with Gasteiger partial charge >= 0.3 is 12.2 Å². The van der Waals surface area contributed by atoms with Crippen molar-refractivity contribution >= 4 is 62.3 Å². The summed E-state index contributed by atoms with van der Waals surface area (Å²) in [6.45, 7) is 0. The maximum Gasteiger partial charge on any atom is 0.417 e. The van der Waals surface area contributed by atoms with Crippen LogP contribution in [0.25, 0.3) is 0 Å². The van der Waals surface area contributed by atoms with Crippen molar-refractivity contribution in [3.05, 3.63) is 92.4 Å². The number of amides is 3. The van der Waals surface area contributed by atoms with Gasteiger partial charge in [-0.05, 0) is 48.0 Å². The highest BCUT2D eigenvalue weighted by Gasteiger charge is 2.37. The molecule has 0 aromatic heterocycles. The lowest BCUT2D eigenvalue weighted by Crippen LogP contribution is -2.34. The number of carbonyl (C=O) groups excluding carboxylic acids is 2. The van der Waals surface area contributed by atoms with E-state index in [9.17, 15) is 31.2 Å². The maximum absolute atomic E-state index is 13.7. The second kappa shape index (κ2) is 10.4. The Morgan fingerprint density at radius 3 is 2.06 bits per heavy atom. The number of hydrogen-bond acceptors (Lipinski definition) is 4. The summed E-state index contributed by atoms with van der Waals surface area (Å²) in [7, 11) is -4.42. The Hall–Kier alpha value is -2.79. The van der Waals surface area contributed by atoms with Crippen molar-refractivity contribution in [2.24, 2.45) is 0 Å². The van der Waals surface area contributed by atoms with Gasteiger partial charge in [-0.2, -0.15) is 13.2 Å². The molecule has 0 radical (unpaired) electrons. The molecule has 0 spiro atoms. The molecular weight excluding hydrogens is 552 g/mol. The lowest BCUT2D eigenvalue weighted by Gasteiger charge is -2.16. The van der Waals surface area contributed by atoms with Crippen LogP contribution in [0.15, 0.2) is 65.6 Å². The zero-order valence-corrected chi connectivity index (χ0v) is 20.4. The van der Waals surface area contributed by atoms with Crippen LogP contribution in [0.3, 0.4) is 0 Å². The van der Waals surface area contributed by atoms with Gasteiger partial charge in [-0.15, -0.1) is 0 Å².